The molecule has 41 heavy (non-hydrogen) atoms. The predicted molar refractivity (Wildman–Crippen MR) is 154 cm³/mol. The second-order valence-corrected chi connectivity index (χ2v) is 9.82. The summed E-state index contributed by atoms with van der Waals surface area (Å²) in [5.74, 6) is -0.243. The summed E-state index contributed by atoms with van der Waals surface area (Å²) in [5, 5.41) is 10.2. The predicted octanol–water partition coefficient (Wildman–Crippen LogP) is 3.24. The van der Waals surface area contributed by atoms with Crippen molar-refractivity contribution in [1.82, 2.24) is 29.6 Å². The van der Waals surface area contributed by atoms with Crippen molar-refractivity contribution >= 4 is 40.8 Å². The average Bonchev–Trinajstić information content (AvgIpc) is 3.54. The number of hydrogen-bond acceptors (Lipinski definition) is 7. The Bertz CT molecular complexity index is 1620. The van der Waals surface area contributed by atoms with E-state index in [2.05, 4.69) is 25.7 Å². The minimum absolute atomic E-state index is 0.124. The molecule has 0 bridgehead atoms. The molecule has 12 heteroatoms. The summed E-state index contributed by atoms with van der Waals surface area (Å²) in [6.07, 6.45) is 8.85. The van der Waals surface area contributed by atoms with Gasteiger partial charge < -0.3 is 20.4 Å². The Kier molecular flexibility index (Phi) is 8.09. The maximum Gasteiger partial charge on any atom is 0.276 e. The van der Waals surface area contributed by atoms with Crippen molar-refractivity contribution in [3.05, 3.63) is 71.3 Å². The normalized spacial score (nSPS) is 14.2. The van der Waals surface area contributed by atoms with Crippen molar-refractivity contribution in [2.24, 2.45) is 5.73 Å². The molecule has 1 aromatic carbocycles. The van der Waals surface area contributed by atoms with Gasteiger partial charge in [-0.25, -0.2) is 4.98 Å². The van der Waals surface area contributed by atoms with Crippen molar-refractivity contribution in [3.63, 3.8) is 0 Å². The molecule has 12 nitrogen and oxygen atoms in total. The lowest BCUT2D eigenvalue weighted by molar-refractivity contribution is -0.116. The fourth-order valence-electron chi connectivity index (χ4n) is 4.92. The van der Waals surface area contributed by atoms with Gasteiger partial charge in [0, 0.05) is 37.1 Å². The van der Waals surface area contributed by atoms with Crippen molar-refractivity contribution in [1.29, 1.82) is 0 Å². The Balaban J connectivity index is 1.29. The zero-order valence-corrected chi connectivity index (χ0v) is 23.0. The number of pyridine rings is 1. The van der Waals surface area contributed by atoms with Crippen LogP contribution in [0.3, 0.4) is 0 Å². The zero-order chi connectivity index (χ0) is 28.9. The van der Waals surface area contributed by atoms with Gasteiger partial charge in [-0.1, -0.05) is 6.07 Å². The number of unbranched alkanes of at least 4 members (excludes halogenated alkanes) is 1. The summed E-state index contributed by atoms with van der Waals surface area (Å²) in [4.78, 5) is 46.0. The lowest BCUT2D eigenvalue weighted by Gasteiger charge is -2.27. The van der Waals surface area contributed by atoms with E-state index in [1.54, 1.807) is 41.4 Å². The molecule has 0 saturated carbocycles. The van der Waals surface area contributed by atoms with Gasteiger partial charge in [-0.05, 0) is 69.0 Å². The number of ether oxygens (including phenoxy) is 1. The SMILES string of the molecule is CCn1nc(C)cc1C(=O)Nc1nc2cc(C(N)=O)cc3c2n1[C@@H](CCCCNC(=O)/C=C/c1cccnc1)CO3. The first-order valence-corrected chi connectivity index (χ1v) is 13.5. The van der Waals surface area contributed by atoms with Crippen LogP contribution >= 0.6 is 0 Å². The van der Waals surface area contributed by atoms with Crippen molar-refractivity contribution in [2.45, 2.75) is 45.7 Å². The number of carbonyl (C=O) groups excluding carboxylic acids is 3. The molecule has 0 fully saturated rings. The number of aromatic nitrogens is 5. The number of nitrogens with two attached hydrogens (primary N) is 1. The lowest BCUT2D eigenvalue weighted by atomic mass is 10.1. The molecule has 1 aliphatic heterocycles. The van der Waals surface area contributed by atoms with Crippen LogP contribution in [0.15, 0.2) is 48.8 Å². The van der Waals surface area contributed by atoms with Gasteiger partial charge in [-0.15, -0.1) is 0 Å². The van der Waals surface area contributed by atoms with E-state index in [-0.39, 0.29) is 23.4 Å². The van der Waals surface area contributed by atoms with Gasteiger partial charge in [0.1, 0.15) is 23.6 Å². The molecule has 1 atom stereocenters. The second-order valence-electron chi connectivity index (χ2n) is 9.82. The van der Waals surface area contributed by atoms with Gasteiger partial charge in [0.25, 0.3) is 5.91 Å². The average molecular weight is 557 g/mol. The first-order chi connectivity index (χ1) is 19.8. The lowest BCUT2D eigenvalue weighted by Crippen LogP contribution is -2.26. The highest BCUT2D eigenvalue weighted by molar-refractivity contribution is 6.04. The minimum atomic E-state index is -0.589. The van der Waals surface area contributed by atoms with E-state index in [4.69, 9.17) is 10.5 Å². The van der Waals surface area contributed by atoms with Gasteiger partial charge in [0.05, 0.1) is 17.3 Å². The van der Waals surface area contributed by atoms with E-state index in [1.807, 2.05) is 30.5 Å². The Hall–Kier alpha value is -5.00. The Morgan fingerprint density at radius 3 is 2.83 bits per heavy atom. The number of anilines is 1. The first kappa shape index (κ1) is 27.6. The van der Waals surface area contributed by atoms with E-state index in [9.17, 15) is 14.4 Å². The Morgan fingerprint density at radius 1 is 1.22 bits per heavy atom. The molecule has 3 amide bonds. The topological polar surface area (TPSA) is 159 Å². The number of carbonyl (C=O) groups is 3. The molecule has 4 aromatic rings. The van der Waals surface area contributed by atoms with Crippen LogP contribution in [0.25, 0.3) is 17.1 Å². The first-order valence-electron chi connectivity index (χ1n) is 13.5. The number of aryl methyl sites for hydroxylation is 2. The largest absolute Gasteiger partial charge is 0.489 e. The summed E-state index contributed by atoms with van der Waals surface area (Å²) >= 11 is 0. The summed E-state index contributed by atoms with van der Waals surface area (Å²) in [6, 6.07) is 8.51. The number of benzene rings is 1. The van der Waals surface area contributed by atoms with Gasteiger partial charge in [-0.2, -0.15) is 5.10 Å². The number of nitrogens with one attached hydrogen (secondary N) is 2. The van der Waals surface area contributed by atoms with E-state index in [1.165, 1.54) is 6.08 Å². The van der Waals surface area contributed by atoms with E-state index in [0.29, 0.717) is 48.1 Å². The van der Waals surface area contributed by atoms with Crippen LogP contribution in [0.1, 0.15) is 64.3 Å². The van der Waals surface area contributed by atoms with Crippen LogP contribution < -0.4 is 21.1 Å². The summed E-state index contributed by atoms with van der Waals surface area (Å²) in [6.45, 7) is 5.15. The smallest absolute Gasteiger partial charge is 0.276 e. The molecule has 0 radical (unpaired) electrons. The highest BCUT2D eigenvalue weighted by atomic mass is 16.5. The maximum atomic E-state index is 13.3. The Labute approximate surface area is 236 Å². The van der Waals surface area contributed by atoms with Crippen LogP contribution in [0.5, 0.6) is 5.75 Å². The molecule has 0 aliphatic carbocycles. The molecule has 5 rings (SSSR count). The third kappa shape index (κ3) is 6.11. The van der Waals surface area contributed by atoms with Gasteiger partial charge in [-0.3, -0.25) is 29.4 Å². The van der Waals surface area contributed by atoms with Gasteiger partial charge in [0.2, 0.25) is 17.8 Å². The molecule has 4 heterocycles. The highest BCUT2D eigenvalue weighted by Gasteiger charge is 2.29. The molecule has 212 valence electrons. The number of imidazole rings is 1. The molecule has 3 aromatic heterocycles. The molecule has 0 spiro atoms. The van der Waals surface area contributed by atoms with Crippen LogP contribution in [-0.4, -0.2) is 55.2 Å². The molecule has 0 unspecified atom stereocenters. The number of primary amides is 1. The van der Waals surface area contributed by atoms with Crippen LogP contribution in [0, 0.1) is 6.92 Å². The van der Waals surface area contributed by atoms with Crippen LogP contribution in [-0.2, 0) is 11.3 Å². The van der Waals surface area contributed by atoms with E-state index < -0.39 is 5.91 Å². The van der Waals surface area contributed by atoms with Crippen LogP contribution in [0.2, 0.25) is 0 Å². The highest BCUT2D eigenvalue weighted by Crippen LogP contribution is 2.38. The van der Waals surface area contributed by atoms with Gasteiger partial charge in [0.15, 0.2) is 0 Å². The monoisotopic (exact) mass is 556 g/mol. The zero-order valence-electron chi connectivity index (χ0n) is 23.0. The Morgan fingerprint density at radius 2 is 2.07 bits per heavy atom. The summed E-state index contributed by atoms with van der Waals surface area (Å²) < 4.78 is 9.64. The van der Waals surface area contributed by atoms with Crippen molar-refractivity contribution in [3.8, 4) is 5.75 Å². The number of amides is 3. The third-order valence-electron chi connectivity index (χ3n) is 6.87. The quantitative estimate of drug-likeness (QED) is 0.189. The molecular formula is C29H32N8O4. The van der Waals surface area contributed by atoms with Crippen LogP contribution in [0.4, 0.5) is 5.95 Å². The number of nitrogens with zero attached hydrogens (tertiary/aromatic N) is 5. The van der Waals surface area contributed by atoms with E-state index >= 15 is 0 Å². The summed E-state index contributed by atoms with van der Waals surface area (Å²) in [7, 11) is 0. The number of rotatable bonds is 11. The molecular weight excluding hydrogens is 524 g/mol. The van der Waals surface area contributed by atoms with Crippen molar-refractivity contribution < 1.29 is 19.1 Å². The molecule has 1 aliphatic rings. The third-order valence-corrected chi connectivity index (χ3v) is 6.87. The standard InChI is InChI=1S/C29H32N8O4/c1-3-36-23(13-18(2)35-36)28(40)34-29-33-22-14-20(27(30)39)15-24-26(22)37(29)21(17-41-24)8-4-5-12-32-25(38)10-9-19-7-6-11-31-16-19/h6-7,9-11,13-16,21H,3-5,8,12,17H2,1-2H3,(H2,30,39)(H,32,38)(H,33,34,40)/b10-9+/t21-/m0/s1. The van der Waals surface area contributed by atoms with Gasteiger partial charge >= 0.3 is 0 Å². The molecule has 4 N–H and O–H groups in total. The second kappa shape index (κ2) is 12.0. The molecule has 0 saturated heterocycles. The maximum absolute atomic E-state index is 13.3. The van der Waals surface area contributed by atoms with Crippen molar-refractivity contribution in [2.75, 3.05) is 18.5 Å². The summed E-state index contributed by atoms with van der Waals surface area (Å²) in [5.41, 5.74) is 9.03. The van der Waals surface area contributed by atoms with E-state index in [0.717, 1.165) is 30.5 Å². The number of hydrogen-bond donors (Lipinski definition) is 3. The fourth-order valence-corrected chi connectivity index (χ4v) is 4.92. The minimum Gasteiger partial charge on any atom is -0.489 e. The fraction of sp³-hybridized carbons (Fsp3) is 0.310.